The number of para-hydroxylation sites is 1. The van der Waals surface area contributed by atoms with E-state index in [4.69, 9.17) is 9.84 Å². The number of hydrogen-bond acceptors (Lipinski definition) is 2. The number of carboxylic acid groups (broad SMARTS) is 1. The molecule has 1 N–H and O–H groups in total. The fourth-order valence-corrected chi connectivity index (χ4v) is 2.52. The zero-order chi connectivity index (χ0) is 10.6. The molecule has 1 aromatic carbocycles. The summed E-state index contributed by atoms with van der Waals surface area (Å²) in [6, 6.07) is 6.02. The Hall–Kier alpha value is -1.51. The Kier molecular flexibility index (Phi) is 1.61. The molecular weight excluding hydrogens is 192 g/mol. The summed E-state index contributed by atoms with van der Waals surface area (Å²) < 4.78 is 5.70. The van der Waals surface area contributed by atoms with E-state index in [1.807, 2.05) is 18.2 Å². The molecule has 1 unspecified atom stereocenters. The standard InChI is InChI=1S/C12H12O3/c1-2-6-4-3-5-7-8-9(12(13)14)11(8)15-10(6)7/h3-5,8-9,11H,2H2,1H3,(H,13,14)/t8-,9-,11?/m0/s1. The zero-order valence-electron chi connectivity index (χ0n) is 8.43. The van der Waals surface area contributed by atoms with Gasteiger partial charge in [0, 0.05) is 11.5 Å². The van der Waals surface area contributed by atoms with E-state index in [2.05, 4.69) is 6.92 Å². The van der Waals surface area contributed by atoms with Crippen molar-refractivity contribution in [1.82, 2.24) is 0 Å². The van der Waals surface area contributed by atoms with E-state index < -0.39 is 5.97 Å². The number of hydrogen-bond donors (Lipinski definition) is 1. The Morgan fingerprint density at radius 1 is 1.53 bits per heavy atom. The van der Waals surface area contributed by atoms with Crippen LogP contribution in [0.5, 0.6) is 5.75 Å². The fraction of sp³-hybridized carbons (Fsp3) is 0.417. The summed E-state index contributed by atoms with van der Waals surface area (Å²) in [5, 5.41) is 8.93. The molecule has 1 aliphatic heterocycles. The van der Waals surface area contributed by atoms with Gasteiger partial charge in [-0.3, -0.25) is 4.79 Å². The summed E-state index contributed by atoms with van der Waals surface area (Å²) in [7, 11) is 0. The van der Waals surface area contributed by atoms with Gasteiger partial charge in [-0.25, -0.2) is 0 Å². The van der Waals surface area contributed by atoms with E-state index in [0.29, 0.717) is 0 Å². The maximum Gasteiger partial charge on any atom is 0.311 e. The maximum absolute atomic E-state index is 10.9. The molecule has 1 saturated carbocycles. The molecule has 1 heterocycles. The minimum Gasteiger partial charge on any atom is -0.488 e. The third-order valence-electron chi connectivity index (χ3n) is 3.36. The summed E-state index contributed by atoms with van der Waals surface area (Å²) >= 11 is 0. The lowest BCUT2D eigenvalue weighted by molar-refractivity contribution is -0.139. The molecule has 0 amide bonds. The Bertz CT molecular complexity index is 438. The monoisotopic (exact) mass is 204 g/mol. The van der Waals surface area contributed by atoms with Gasteiger partial charge in [0.25, 0.3) is 0 Å². The van der Waals surface area contributed by atoms with Gasteiger partial charge in [-0.2, -0.15) is 0 Å². The minimum atomic E-state index is -0.738. The second-order valence-corrected chi connectivity index (χ2v) is 4.16. The molecule has 15 heavy (non-hydrogen) atoms. The van der Waals surface area contributed by atoms with Gasteiger partial charge in [-0.15, -0.1) is 0 Å². The van der Waals surface area contributed by atoms with E-state index in [9.17, 15) is 4.79 Å². The average molecular weight is 204 g/mol. The molecule has 3 heteroatoms. The molecule has 0 bridgehead atoms. The lowest BCUT2D eigenvalue weighted by atomic mass is 10.0. The van der Waals surface area contributed by atoms with Crippen LogP contribution in [0.1, 0.15) is 24.0 Å². The van der Waals surface area contributed by atoms with Crippen LogP contribution in [-0.4, -0.2) is 17.2 Å². The lowest BCUT2D eigenvalue weighted by Crippen LogP contribution is -2.09. The average Bonchev–Trinajstić information content (AvgIpc) is 2.82. The number of rotatable bonds is 2. The van der Waals surface area contributed by atoms with E-state index in [0.717, 1.165) is 17.7 Å². The van der Waals surface area contributed by atoms with Crippen molar-refractivity contribution in [3.63, 3.8) is 0 Å². The van der Waals surface area contributed by atoms with Crippen LogP contribution in [0.3, 0.4) is 0 Å². The van der Waals surface area contributed by atoms with Crippen LogP contribution in [-0.2, 0) is 11.2 Å². The number of ether oxygens (including phenoxy) is 1. The number of carbonyl (C=O) groups is 1. The molecule has 78 valence electrons. The maximum atomic E-state index is 10.9. The van der Waals surface area contributed by atoms with Gasteiger partial charge in [-0.05, 0) is 12.0 Å². The highest BCUT2D eigenvalue weighted by Crippen LogP contribution is 2.59. The first-order valence-electron chi connectivity index (χ1n) is 5.25. The van der Waals surface area contributed by atoms with Crippen molar-refractivity contribution in [2.75, 3.05) is 0 Å². The molecule has 3 atom stereocenters. The largest absolute Gasteiger partial charge is 0.488 e. The van der Waals surface area contributed by atoms with Crippen LogP contribution in [0, 0.1) is 5.92 Å². The number of carboxylic acids is 1. The van der Waals surface area contributed by atoms with Gasteiger partial charge in [0.2, 0.25) is 0 Å². The van der Waals surface area contributed by atoms with Crippen molar-refractivity contribution in [3.8, 4) is 5.75 Å². The van der Waals surface area contributed by atoms with Crippen molar-refractivity contribution in [3.05, 3.63) is 29.3 Å². The number of benzene rings is 1. The molecule has 0 spiro atoms. The molecule has 3 nitrogen and oxygen atoms in total. The second kappa shape index (κ2) is 2.75. The molecule has 0 saturated heterocycles. The van der Waals surface area contributed by atoms with Crippen molar-refractivity contribution in [1.29, 1.82) is 0 Å². The molecule has 1 aliphatic carbocycles. The molecule has 3 rings (SSSR count). The molecular formula is C12H12O3. The lowest BCUT2D eigenvalue weighted by Gasteiger charge is -2.10. The fourth-order valence-electron chi connectivity index (χ4n) is 2.52. The van der Waals surface area contributed by atoms with E-state index in [1.165, 1.54) is 5.56 Å². The number of fused-ring (bicyclic) bond motifs is 3. The highest BCUT2D eigenvalue weighted by atomic mass is 16.5. The van der Waals surface area contributed by atoms with Crippen LogP contribution in [0.15, 0.2) is 18.2 Å². The first kappa shape index (κ1) is 8.77. The van der Waals surface area contributed by atoms with Gasteiger partial charge < -0.3 is 9.84 Å². The second-order valence-electron chi connectivity index (χ2n) is 4.16. The SMILES string of the molecule is CCc1cccc2c1OC1[C@@H](C(=O)O)[C@H]21. The van der Waals surface area contributed by atoms with Crippen LogP contribution >= 0.6 is 0 Å². The molecule has 0 aromatic heterocycles. The highest BCUT2D eigenvalue weighted by Gasteiger charge is 2.63. The zero-order valence-corrected chi connectivity index (χ0v) is 8.43. The third-order valence-corrected chi connectivity index (χ3v) is 3.36. The summed E-state index contributed by atoms with van der Waals surface area (Å²) in [5.74, 6) is -0.0151. The summed E-state index contributed by atoms with van der Waals surface area (Å²) in [4.78, 5) is 10.9. The summed E-state index contributed by atoms with van der Waals surface area (Å²) in [6.07, 6.45) is 0.825. The van der Waals surface area contributed by atoms with Crippen molar-refractivity contribution in [2.24, 2.45) is 5.92 Å². The third kappa shape index (κ3) is 1.03. The molecule has 1 aromatic rings. The first-order chi connectivity index (χ1) is 7.24. The van der Waals surface area contributed by atoms with Gasteiger partial charge in [-0.1, -0.05) is 25.1 Å². The summed E-state index contributed by atoms with van der Waals surface area (Å²) in [5.41, 5.74) is 2.27. The van der Waals surface area contributed by atoms with E-state index in [1.54, 1.807) is 0 Å². The Morgan fingerprint density at radius 2 is 2.33 bits per heavy atom. The predicted molar refractivity (Wildman–Crippen MR) is 54.1 cm³/mol. The Morgan fingerprint density at radius 3 is 3.00 bits per heavy atom. The minimum absolute atomic E-state index is 0.101. The van der Waals surface area contributed by atoms with Crippen LogP contribution in [0.25, 0.3) is 0 Å². The normalized spacial score (nSPS) is 30.3. The first-order valence-corrected chi connectivity index (χ1v) is 5.25. The quantitative estimate of drug-likeness (QED) is 0.799. The van der Waals surface area contributed by atoms with E-state index >= 15 is 0 Å². The Balaban J connectivity index is 2.00. The van der Waals surface area contributed by atoms with Crippen LogP contribution in [0.4, 0.5) is 0 Å². The highest BCUT2D eigenvalue weighted by molar-refractivity contribution is 5.79. The van der Waals surface area contributed by atoms with Crippen molar-refractivity contribution < 1.29 is 14.6 Å². The van der Waals surface area contributed by atoms with Crippen molar-refractivity contribution in [2.45, 2.75) is 25.4 Å². The van der Waals surface area contributed by atoms with Crippen molar-refractivity contribution >= 4 is 5.97 Å². The topological polar surface area (TPSA) is 46.5 Å². The van der Waals surface area contributed by atoms with E-state index in [-0.39, 0.29) is 17.9 Å². The number of aryl methyl sites for hydroxylation is 1. The smallest absolute Gasteiger partial charge is 0.311 e. The molecule has 1 fully saturated rings. The van der Waals surface area contributed by atoms with Gasteiger partial charge >= 0.3 is 5.97 Å². The summed E-state index contributed by atoms with van der Waals surface area (Å²) in [6.45, 7) is 2.08. The number of aliphatic carboxylic acids is 1. The van der Waals surface area contributed by atoms with Crippen LogP contribution in [0.2, 0.25) is 0 Å². The Labute approximate surface area is 87.7 Å². The van der Waals surface area contributed by atoms with Gasteiger partial charge in [0.15, 0.2) is 0 Å². The molecule has 0 radical (unpaired) electrons. The van der Waals surface area contributed by atoms with Crippen LogP contribution < -0.4 is 4.74 Å². The van der Waals surface area contributed by atoms with Gasteiger partial charge in [0.1, 0.15) is 17.8 Å². The molecule has 2 aliphatic rings. The predicted octanol–water partition coefficient (Wildman–Crippen LogP) is 1.81. The van der Waals surface area contributed by atoms with Gasteiger partial charge in [0.05, 0.1) is 0 Å².